The molecule has 1 fully saturated rings. The van der Waals surface area contributed by atoms with Crippen molar-refractivity contribution < 1.29 is 10.0 Å². The number of hydroxylamine groups is 2. The number of rotatable bonds is 7. The lowest BCUT2D eigenvalue weighted by atomic mass is 10.0. The predicted molar refractivity (Wildman–Crippen MR) is 111 cm³/mol. The van der Waals surface area contributed by atoms with Gasteiger partial charge in [-0.05, 0) is 34.8 Å². The van der Waals surface area contributed by atoms with Gasteiger partial charge >= 0.3 is 0 Å². The summed E-state index contributed by atoms with van der Waals surface area (Å²) < 4.78 is 0. The van der Waals surface area contributed by atoms with E-state index in [9.17, 15) is 10.0 Å². The molecule has 3 N–H and O–H groups in total. The molecule has 1 saturated carbocycles. The Morgan fingerprint density at radius 2 is 1.76 bits per heavy atom. The molecule has 3 aromatic rings. The fraction of sp³-hybridized carbons (Fsp3) is 0.174. The minimum atomic E-state index is -0.472. The molecule has 1 heterocycles. The Kier molecular flexibility index (Phi) is 5.46. The number of carbonyl (C=O) groups excluding carboxylic acids is 1. The van der Waals surface area contributed by atoms with Crippen LogP contribution in [0.5, 0.6) is 0 Å². The van der Waals surface area contributed by atoms with Crippen molar-refractivity contribution in [2.45, 2.75) is 24.9 Å². The molecule has 6 nitrogen and oxygen atoms in total. The minimum Gasteiger partial charge on any atom is -0.366 e. The molecule has 2 unspecified atom stereocenters. The second-order valence-corrected chi connectivity index (χ2v) is 7.23. The quantitative estimate of drug-likeness (QED) is 0.480. The Morgan fingerprint density at radius 1 is 1.07 bits per heavy atom. The number of hydrogen-bond acceptors (Lipinski definition) is 5. The van der Waals surface area contributed by atoms with Crippen LogP contribution in [0.4, 0.5) is 0 Å². The molecule has 6 heteroatoms. The SMILES string of the molecule is NC(=O)/C=C/c1ccc(CN(O)C2CC2c2ccc(-c3cncnc3)cc2)cc1. The molecular weight excluding hydrogens is 364 g/mol. The summed E-state index contributed by atoms with van der Waals surface area (Å²) in [6.07, 6.45) is 9.06. The van der Waals surface area contributed by atoms with Crippen LogP contribution in [0, 0.1) is 0 Å². The fourth-order valence-electron chi connectivity index (χ4n) is 3.46. The van der Waals surface area contributed by atoms with Crippen LogP contribution in [0.1, 0.15) is 29.0 Å². The minimum absolute atomic E-state index is 0.121. The Balaban J connectivity index is 1.34. The molecule has 1 amide bonds. The summed E-state index contributed by atoms with van der Waals surface area (Å²) >= 11 is 0. The number of nitrogens with two attached hydrogens (primary N) is 1. The maximum atomic E-state index is 10.8. The maximum absolute atomic E-state index is 10.8. The van der Waals surface area contributed by atoms with Crippen molar-refractivity contribution in [3.05, 3.63) is 90.0 Å². The van der Waals surface area contributed by atoms with E-state index in [0.29, 0.717) is 12.5 Å². The van der Waals surface area contributed by atoms with Crippen molar-refractivity contribution >= 4 is 12.0 Å². The summed E-state index contributed by atoms with van der Waals surface area (Å²) in [5, 5.41) is 11.9. The van der Waals surface area contributed by atoms with E-state index < -0.39 is 5.91 Å². The highest BCUT2D eigenvalue weighted by molar-refractivity contribution is 5.90. The van der Waals surface area contributed by atoms with E-state index in [4.69, 9.17) is 5.73 Å². The molecule has 1 aliphatic rings. The average molecular weight is 386 g/mol. The van der Waals surface area contributed by atoms with Crippen molar-refractivity contribution in [2.75, 3.05) is 0 Å². The fourth-order valence-corrected chi connectivity index (χ4v) is 3.46. The van der Waals surface area contributed by atoms with E-state index in [1.54, 1.807) is 18.5 Å². The average Bonchev–Trinajstić information content (AvgIpc) is 3.55. The van der Waals surface area contributed by atoms with E-state index in [1.807, 2.05) is 24.3 Å². The van der Waals surface area contributed by atoms with Crippen LogP contribution >= 0.6 is 0 Å². The highest BCUT2D eigenvalue weighted by atomic mass is 16.5. The van der Waals surface area contributed by atoms with Crippen molar-refractivity contribution in [3.63, 3.8) is 0 Å². The van der Waals surface area contributed by atoms with Crippen LogP contribution in [0.2, 0.25) is 0 Å². The molecule has 29 heavy (non-hydrogen) atoms. The van der Waals surface area contributed by atoms with Crippen molar-refractivity contribution in [1.29, 1.82) is 0 Å². The van der Waals surface area contributed by atoms with Gasteiger partial charge in [0.25, 0.3) is 0 Å². The summed E-state index contributed by atoms with van der Waals surface area (Å²) in [6.45, 7) is 0.459. The van der Waals surface area contributed by atoms with Gasteiger partial charge in [-0.15, -0.1) is 0 Å². The van der Waals surface area contributed by atoms with Crippen LogP contribution < -0.4 is 5.73 Å². The third-order valence-electron chi connectivity index (χ3n) is 5.14. The van der Waals surface area contributed by atoms with Gasteiger partial charge in [0.1, 0.15) is 6.33 Å². The maximum Gasteiger partial charge on any atom is 0.241 e. The van der Waals surface area contributed by atoms with Gasteiger partial charge in [0.2, 0.25) is 5.91 Å². The summed E-state index contributed by atoms with van der Waals surface area (Å²) in [5.74, 6) is -0.139. The molecule has 2 atom stereocenters. The molecule has 0 spiro atoms. The van der Waals surface area contributed by atoms with E-state index in [-0.39, 0.29) is 6.04 Å². The van der Waals surface area contributed by atoms with Gasteiger partial charge in [-0.25, -0.2) is 9.97 Å². The number of aromatic nitrogens is 2. The van der Waals surface area contributed by atoms with Gasteiger partial charge in [0.15, 0.2) is 0 Å². The Labute approximate surface area is 169 Å². The molecule has 4 rings (SSSR count). The zero-order valence-corrected chi connectivity index (χ0v) is 15.8. The molecule has 1 aromatic heterocycles. The molecule has 0 saturated heterocycles. The van der Waals surface area contributed by atoms with Gasteiger partial charge < -0.3 is 10.9 Å². The van der Waals surface area contributed by atoms with E-state index in [1.165, 1.54) is 23.0 Å². The Hall–Kier alpha value is -3.35. The number of carbonyl (C=O) groups is 1. The highest BCUT2D eigenvalue weighted by Crippen LogP contribution is 2.44. The van der Waals surface area contributed by atoms with Crippen molar-refractivity contribution in [3.8, 4) is 11.1 Å². The standard InChI is InChI=1S/C23H22N4O2/c24-23(28)10-5-16-1-3-17(4-2-16)14-27(29)22-11-21(22)19-8-6-18(7-9-19)20-12-25-15-26-13-20/h1-10,12-13,15,21-22,29H,11,14H2,(H2,24,28)/b10-5+. The van der Waals surface area contributed by atoms with Crippen LogP contribution in [-0.2, 0) is 11.3 Å². The summed E-state index contributed by atoms with van der Waals surface area (Å²) in [5.41, 5.74) is 10.3. The topological polar surface area (TPSA) is 92.3 Å². The van der Waals surface area contributed by atoms with E-state index in [2.05, 4.69) is 34.2 Å². The number of benzene rings is 2. The number of amides is 1. The zero-order chi connectivity index (χ0) is 20.2. The molecule has 146 valence electrons. The van der Waals surface area contributed by atoms with Crippen LogP contribution in [0.25, 0.3) is 17.2 Å². The van der Waals surface area contributed by atoms with Gasteiger partial charge in [-0.3, -0.25) is 4.79 Å². The largest absolute Gasteiger partial charge is 0.366 e. The predicted octanol–water partition coefficient (Wildman–Crippen LogP) is 3.39. The smallest absolute Gasteiger partial charge is 0.241 e. The first-order chi connectivity index (χ1) is 14.1. The third kappa shape index (κ3) is 4.74. The highest BCUT2D eigenvalue weighted by Gasteiger charge is 2.42. The number of primary amides is 1. The second kappa shape index (κ2) is 8.34. The molecular formula is C23H22N4O2. The lowest BCUT2D eigenvalue weighted by molar-refractivity contribution is -0.113. The summed E-state index contributed by atoms with van der Waals surface area (Å²) in [7, 11) is 0. The van der Waals surface area contributed by atoms with E-state index >= 15 is 0 Å². The first-order valence-corrected chi connectivity index (χ1v) is 9.47. The third-order valence-corrected chi connectivity index (χ3v) is 5.14. The molecule has 0 aliphatic heterocycles. The normalized spacial score (nSPS) is 18.3. The van der Waals surface area contributed by atoms with Crippen molar-refractivity contribution in [1.82, 2.24) is 15.0 Å². The first-order valence-electron chi connectivity index (χ1n) is 9.47. The molecule has 2 aromatic carbocycles. The van der Waals surface area contributed by atoms with Gasteiger partial charge in [-0.2, -0.15) is 5.06 Å². The van der Waals surface area contributed by atoms with Gasteiger partial charge in [-0.1, -0.05) is 48.5 Å². The van der Waals surface area contributed by atoms with Crippen LogP contribution in [0.3, 0.4) is 0 Å². The zero-order valence-electron chi connectivity index (χ0n) is 15.8. The molecule has 0 bridgehead atoms. The van der Waals surface area contributed by atoms with Gasteiger partial charge in [0.05, 0.1) is 0 Å². The number of nitrogens with zero attached hydrogens (tertiary/aromatic N) is 3. The van der Waals surface area contributed by atoms with Crippen molar-refractivity contribution in [2.24, 2.45) is 5.73 Å². The molecule has 0 radical (unpaired) electrons. The lowest BCUT2D eigenvalue weighted by Gasteiger charge is -2.15. The lowest BCUT2D eigenvalue weighted by Crippen LogP contribution is -2.22. The number of hydrogen-bond donors (Lipinski definition) is 2. The van der Waals surface area contributed by atoms with Crippen LogP contribution in [-0.4, -0.2) is 32.2 Å². The molecule has 1 aliphatic carbocycles. The van der Waals surface area contributed by atoms with Gasteiger partial charge in [0, 0.05) is 42.5 Å². The second-order valence-electron chi connectivity index (χ2n) is 7.23. The van der Waals surface area contributed by atoms with E-state index in [0.717, 1.165) is 28.7 Å². The Morgan fingerprint density at radius 3 is 2.41 bits per heavy atom. The van der Waals surface area contributed by atoms with Crippen LogP contribution in [0.15, 0.2) is 73.3 Å². The monoisotopic (exact) mass is 386 g/mol. The summed E-state index contributed by atoms with van der Waals surface area (Å²) in [6, 6.07) is 16.2. The Bertz CT molecular complexity index is 1000. The summed E-state index contributed by atoms with van der Waals surface area (Å²) in [4.78, 5) is 18.9. The first kappa shape index (κ1) is 19.0.